The summed E-state index contributed by atoms with van der Waals surface area (Å²) in [5, 5.41) is 4.20. The lowest BCUT2D eigenvalue weighted by Gasteiger charge is -2.11. The fourth-order valence-electron chi connectivity index (χ4n) is 2.95. The van der Waals surface area contributed by atoms with Gasteiger partial charge in [0, 0.05) is 16.1 Å². The van der Waals surface area contributed by atoms with Gasteiger partial charge >= 0.3 is 16.1 Å². The molecule has 0 radical (unpaired) electrons. The molecule has 0 bridgehead atoms. The molecule has 156 valence electrons. The van der Waals surface area contributed by atoms with Gasteiger partial charge in [-0.3, -0.25) is 0 Å². The first-order valence-corrected chi connectivity index (χ1v) is 11.0. The standard InChI is InChI=1S/C23H16ClNO5S/c1-15-7-10-19(11-8-15)31(27,28)30-21-12-9-18(24)13-17(21)14-20-22(25-29-23(20)26)16-5-3-2-4-6-16/h2-14H,1H3/b20-14-. The minimum Gasteiger partial charge on any atom is -0.378 e. The first-order valence-electron chi connectivity index (χ1n) is 9.21. The maximum atomic E-state index is 12.7. The van der Waals surface area contributed by atoms with Crippen molar-refractivity contribution in [2.75, 3.05) is 0 Å². The zero-order chi connectivity index (χ0) is 22.0. The SMILES string of the molecule is Cc1ccc(S(=O)(=O)Oc2ccc(Cl)cc2/C=C2\C(=O)ON=C2c2ccccc2)cc1. The van der Waals surface area contributed by atoms with E-state index in [1.807, 2.05) is 13.0 Å². The van der Waals surface area contributed by atoms with Gasteiger partial charge in [-0.25, -0.2) is 4.79 Å². The molecule has 0 aliphatic carbocycles. The molecule has 0 spiro atoms. The van der Waals surface area contributed by atoms with Crippen LogP contribution in [0.1, 0.15) is 16.7 Å². The van der Waals surface area contributed by atoms with E-state index in [1.54, 1.807) is 36.4 Å². The van der Waals surface area contributed by atoms with Crippen molar-refractivity contribution in [1.29, 1.82) is 0 Å². The summed E-state index contributed by atoms with van der Waals surface area (Å²) in [4.78, 5) is 17.2. The van der Waals surface area contributed by atoms with Crippen molar-refractivity contribution in [3.63, 3.8) is 0 Å². The summed E-state index contributed by atoms with van der Waals surface area (Å²) < 4.78 is 30.9. The number of hydrogen-bond acceptors (Lipinski definition) is 6. The molecule has 1 aliphatic heterocycles. The van der Waals surface area contributed by atoms with Crippen molar-refractivity contribution in [2.45, 2.75) is 11.8 Å². The molecule has 0 fully saturated rings. The van der Waals surface area contributed by atoms with E-state index in [0.29, 0.717) is 21.9 Å². The van der Waals surface area contributed by atoms with E-state index in [2.05, 4.69) is 5.16 Å². The molecule has 6 nitrogen and oxygen atoms in total. The highest BCUT2D eigenvalue weighted by molar-refractivity contribution is 7.87. The predicted molar refractivity (Wildman–Crippen MR) is 117 cm³/mol. The Bertz CT molecular complexity index is 1310. The minimum atomic E-state index is -4.10. The molecule has 8 heteroatoms. The molecule has 0 aromatic heterocycles. The monoisotopic (exact) mass is 453 g/mol. The summed E-state index contributed by atoms with van der Waals surface area (Å²) in [7, 11) is -4.10. The predicted octanol–water partition coefficient (Wildman–Crippen LogP) is 4.76. The van der Waals surface area contributed by atoms with Crippen LogP contribution in [0.4, 0.5) is 0 Å². The van der Waals surface area contributed by atoms with Crippen LogP contribution in [0.3, 0.4) is 0 Å². The van der Waals surface area contributed by atoms with Crippen molar-refractivity contribution < 1.29 is 22.2 Å². The molecule has 0 saturated carbocycles. The third-order valence-corrected chi connectivity index (χ3v) is 6.01. The fourth-order valence-corrected chi connectivity index (χ4v) is 4.08. The number of aryl methyl sites for hydroxylation is 1. The van der Waals surface area contributed by atoms with Gasteiger partial charge in [0.2, 0.25) is 0 Å². The van der Waals surface area contributed by atoms with Crippen molar-refractivity contribution in [3.8, 4) is 5.75 Å². The van der Waals surface area contributed by atoms with E-state index < -0.39 is 16.1 Å². The van der Waals surface area contributed by atoms with Gasteiger partial charge in [0.15, 0.2) is 0 Å². The Hall–Kier alpha value is -3.42. The summed E-state index contributed by atoms with van der Waals surface area (Å²) in [5.41, 5.74) is 2.38. The molecule has 1 heterocycles. The van der Waals surface area contributed by atoms with Crippen LogP contribution in [0, 0.1) is 6.92 Å². The van der Waals surface area contributed by atoms with Gasteiger partial charge in [0.1, 0.15) is 16.4 Å². The first kappa shape index (κ1) is 20.8. The van der Waals surface area contributed by atoms with Crippen LogP contribution in [-0.4, -0.2) is 20.1 Å². The molecule has 0 N–H and O–H groups in total. The quantitative estimate of drug-likeness (QED) is 0.316. The number of carbonyl (C=O) groups excluding carboxylic acids is 1. The second kappa shape index (κ2) is 8.37. The smallest absolute Gasteiger partial charge is 0.368 e. The van der Waals surface area contributed by atoms with E-state index in [4.69, 9.17) is 20.6 Å². The zero-order valence-corrected chi connectivity index (χ0v) is 17.9. The van der Waals surface area contributed by atoms with Gasteiger partial charge in [-0.1, -0.05) is 64.8 Å². The number of oxime groups is 1. The Balaban J connectivity index is 1.74. The Morgan fingerprint density at radius 2 is 1.71 bits per heavy atom. The summed E-state index contributed by atoms with van der Waals surface area (Å²) in [6.45, 7) is 1.85. The average molecular weight is 454 g/mol. The molecule has 31 heavy (non-hydrogen) atoms. The van der Waals surface area contributed by atoms with Crippen LogP contribution in [0.2, 0.25) is 5.02 Å². The maximum absolute atomic E-state index is 12.7. The number of nitrogens with zero attached hydrogens (tertiary/aromatic N) is 1. The highest BCUT2D eigenvalue weighted by Gasteiger charge is 2.27. The molecule has 1 aliphatic rings. The molecule has 0 saturated heterocycles. The lowest BCUT2D eigenvalue weighted by atomic mass is 10.0. The summed E-state index contributed by atoms with van der Waals surface area (Å²) in [6.07, 6.45) is 1.45. The number of hydrogen-bond donors (Lipinski definition) is 0. The van der Waals surface area contributed by atoms with E-state index in [-0.39, 0.29) is 16.2 Å². The largest absolute Gasteiger partial charge is 0.378 e. The number of carbonyl (C=O) groups is 1. The molecular weight excluding hydrogens is 438 g/mol. The van der Waals surface area contributed by atoms with Crippen LogP contribution in [-0.2, 0) is 19.8 Å². The molecule has 0 atom stereocenters. The van der Waals surface area contributed by atoms with Gasteiger partial charge in [-0.15, -0.1) is 0 Å². The second-order valence-corrected chi connectivity index (χ2v) is 8.76. The third-order valence-electron chi connectivity index (χ3n) is 4.52. The molecule has 4 rings (SSSR count). The highest BCUT2D eigenvalue weighted by Crippen LogP contribution is 2.30. The Labute approximate surface area is 184 Å². The molecule has 3 aromatic rings. The number of rotatable bonds is 5. The summed E-state index contributed by atoms with van der Waals surface area (Å²) >= 11 is 6.12. The average Bonchev–Trinajstić information content (AvgIpc) is 3.11. The second-order valence-electron chi connectivity index (χ2n) is 6.78. The normalized spacial score (nSPS) is 15.0. The summed E-state index contributed by atoms with van der Waals surface area (Å²) in [6, 6.07) is 19.7. The van der Waals surface area contributed by atoms with Crippen LogP contribution >= 0.6 is 11.6 Å². The topological polar surface area (TPSA) is 82.0 Å². The van der Waals surface area contributed by atoms with Crippen LogP contribution in [0.15, 0.2) is 88.4 Å². The van der Waals surface area contributed by atoms with Crippen LogP contribution in [0.25, 0.3) is 6.08 Å². The Morgan fingerprint density at radius 1 is 1.00 bits per heavy atom. The van der Waals surface area contributed by atoms with Crippen LogP contribution < -0.4 is 4.18 Å². The van der Waals surface area contributed by atoms with Crippen molar-refractivity contribution in [3.05, 3.63) is 100 Å². The fraction of sp³-hybridized carbons (Fsp3) is 0.0435. The molecule has 3 aromatic carbocycles. The van der Waals surface area contributed by atoms with E-state index in [1.165, 1.54) is 36.4 Å². The highest BCUT2D eigenvalue weighted by atomic mass is 35.5. The van der Waals surface area contributed by atoms with E-state index in [0.717, 1.165) is 5.56 Å². The van der Waals surface area contributed by atoms with Gasteiger partial charge in [-0.05, 0) is 43.3 Å². The van der Waals surface area contributed by atoms with Gasteiger partial charge in [0.25, 0.3) is 0 Å². The molecular formula is C23H16ClNO5S. The molecule has 0 unspecified atom stereocenters. The minimum absolute atomic E-state index is 0.0125. The lowest BCUT2D eigenvalue weighted by molar-refractivity contribution is -0.136. The van der Waals surface area contributed by atoms with Gasteiger partial charge in [-0.2, -0.15) is 8.42 Å². The summed E-state index contributed by atoms with van der Waals surface area (Å²) in [5.74, 6) is -0.643. The van der Waals surface area contributed by atoms with E-state index in [9.17, 15) is 13.2 Å². The maximum Gasteiger partial charge on any atom is 0.368 e. The van der Waals surface area contributed by atoms with Crippen molar-refractivity contribution in [2.24, 2.45) is 5.16 Å². The number of halogens is 1. The van der Waals surface area contributed by atoms with Crippen molar-refractivity contribution in [1.82, 2.24) is 0 Å². The van der Waals surface area contributed by atoms with Gasteiger partial charge in [0.05, 0.1) is 5.57 Å². The van der Waals surface area contributed by atoms with Gasteiger partial charge < -0.3 is 9.02 Å². The van der Waals surface area contributed by atoms with Crippen molar-refractivity contribution >= 4 is 39.5 Å². The third kappa shape index (κ3) is 4.52. The first-order chi connectivity index (χ1) is 14.8. The Morgan fingerprint density at radius 3 is 2.42 bits per heavy atom. The molecule has 0 amide bonds. The van der Waals surface area contributed by atoms with E-state index >= 15 is 0 Å². The Kier molecular flexibility index (Phi) is 5.63. The number of benzene rings is 3. The van der Waals surface area contributed by atoms with Crippen LogP contribution in [0.5, 0.6) is 5.75 Å². The lowest BCUT2D eigenvalue weighted by Crippen LogP contribution is -2.11. The zero-order valence-electron chi connectivity index (χ0n) is 16.3.